The lowest BCUT2D eigenvalue weighted by Crippen LogP contribution is -2.36. The first kappa shape index (κ1) is 24.9. The molecule has 1 N–H and O–H groups in total. The Bertz CT molecular complexity index is 1080. The smallest absolute Gasteiger partial charge is 0.433 e. The normalized spacial score (nSPS) is 20.2. The van der Waals surface area contributed by atoms with Crippen LogP contribution in [0.25, 0.3) is 0 Å². The molecule has 2 aliphatic rings. The van der Waals surface area contributed by atoms with Crippen LogP contribution in [-0.4, -0.2) is 76.1 Å². The molecule has 1 aromatic heterocycles. The second-order valence-electron chi connectivity index (χ2n) is 9.28. The molecule has 4 rings (SSSR count). The molecule has 2 aliphatic heterocycles. The molecule has 8 nitrogen and oxygen atoms in total. The van der Waals surface area contributed by atoms with Gasteiger partial charge in [-0.25, -0.2) is 19.7 Å². The molecule has 2 fully saturated rings. The lowest BCUT2D eigenvalue weighted by molar-refractivity contribution is -0.141. The topological polar surface area (TPSA) is 89.9 Å². The lowest BCUT2D eigenvalue weighted by Gasteiger charge is -2.24. The average Bonchev–Trinajstić information content (AvgIpc) is 3.35. The molecule has 0 radical (unpaired) electrons. The summed E-state index contributed by atoms with van der Waals surface area (Å²) in [6.07, 6.45) is -4.74. The molecule has 3 heterocycles. The second kappa shape index (κ2) is 9.80. The monoisotopic (exact) mass is 491 g/mol. The summed E-state index contributed by atoms with van der Waals surface area (Å²) in [5.41, 5.74) is 1.54. The molecule has 11 heteroatoms. The van der Waals surface area contributed by atoms with Gasteiger partial charge in [-0.15, -0.1) is 0 Å². The first-order valence-electron chi connectivity index (χ1n) is 11.5. The number of fused-ring (bicyclic) bond motifs is 1. The Hall–Kier alpha value is -3.21. The van der Waals surface area contributed by atoms with E-state index in [2.05, 4.69) is 14.9 Å². The Morgan fingerprint density at radius 1 is 1.09 bits per heavy atom. The van der Waals surface area contributed by atoms with E-state index in [0.717, 1.165) is 40.9 Å². The molecule has 0 bridgehead atoms. The van der Waals surface area contributed by atoms with Crippen molar-refractivity contribution in [2.24, 2.45) is 11.8 Å². The minimum absolute atomic E-state index is 0.0142. The number of anilines is 1. The molecule has 2 atom stereocenters. The zero-order valence-corrected chi connectivity index (χ0v) is 19.6. The van der Waals surface area contributed by atoms with Crippen LogP contribution in [0.3, 0.4) is 0 Å². The van der Waals surface area contributed by atoms with Crippen molar-refractivity contribution >= 4 is 17.9 Å². The number of carbonyl (C=O) groups excluding carboxylic acids is 1. The summed E-state index contributed by atoms with van der Waals surface area (Å²) in [6.45, 7) is 7.45. The highest BCUT2D eigenvalue weighted by atomic mass is 19.4. The number of rotatable bonds is 6. The molecule has 0 aliphatic carbocycles. The first-order valence-corrected chi connectivity index (χ1v) is 11.5. The van der Waals surface area contributed by atoms with E-state index in [4.69, 9.17) is 0 Å². The van der Waals surface area contributed by atoms with Gasteiger partial charge in [0.05, 0.1) is 0 Å². The third-order valence-electron chi connectivity index (χ3n) is 6.81. The average molecular weight is 492 g/mol. The molecule has 2 amide bonds. The largest absolute Gasteiger partial charge is 0.465 e. The van der Waals surface area contributed by atoms with Gasteiger partial charge in [0.15, 0.2) is 0 Å². The molecule has 35 heavy (non-hydrogen) atoms. The number of aryl methyl sites for hydroxylation is 2. The Morgan fingerprint density at radius 3 is 2.29 bits per heavy atom. The summed E-state index contributed by atoms with van der Waals surface area (Å²) < 4.78 is 38.8. The van der Waals surface area contributed by atoms with E-state index in [-0.39, 0.29) is 12.5 Å². The quantitative estimate of drug-likeness (QED) is 0.663. The molecule has 1 aromatic carbocycles. The summed E-state index contributed by atoms with van der Waals surface area (Å²) in [6, 6.07) is 6.55. The molecule has 2 saturated heterocycles. The number of nitrogens with zero attached hydrogens (tertiary/aromatic N) is 5. The van der Waals surface area contributed by atoms with Crippen LogP contribution in [0.2, 0.25) is 0 Å². The Labute approximate surface area is 201 Å². The highest BCUT2D eigenvalue weighted by Crippen LogP contribution is 2.33. The SMILES string of the molecule is Cc1cccc(C)c1C(=O)N1CC2CN(CCCN(C(=O)O)c3nccc(C(F)(F)F)n3)CC2C1. The van der Waals surface area contributed by atoms with Crippen LogP contribution >= 0.6 is 0 Å². The van der Waals surface area contributed by atoms with Crippen molar-refractivity contribution in [3.05, 3.63) is 52.8 Å². The Balaban J connectivity index is 1.30. The molecule has 0 spiro atoms. The fourth-order valence-corrected chi connectivity index (χ4v) is 5.12. The second-order valence-corrected chi connectivity index (χ2v) is 9.28. The van der Waals surface area contributed by atoms with Crippen LogP contribution in [0, 0.1) is 25.7 Å². The molecule has 0 saturated carbocycles. The maximum Gasteiger partial charge on any atom is 0.433 e. The van der Waals surface area contributed by atoms with Crippen LogP contribution in [0.5, 0.6) is 0 Å². The van der Waals surface area contributed by atoms with E-state index in [1.165, 1.54) is 0 Å². The number of hydrogen-bond acceptors (Lipinski definition) is 5. The van der Waals surface area contributed by atoms with Gasteiger partial charge in [-0.2, -0.15) is 13.2 Å². The van der Waals surface area contributed by atoms with E-state index in [1.54, 1.807) is 0 Å². The van der Waals surface area contributed by atoms with Gasteiger partial charge in [-0.3, -0.25) is 4.79 Å². The van der Waals surface area contributed by atoms with Gasteiger partial charge in [0.1, 0.15) is 5.69 Å². The number of likely N-dealkylation sites (tertiary alicyclic amines) is 2. The molecular weight excluding hydrogens is 463 g/mol. The van der Waals surface area contributed by atoms with Gasteiger partial charge in [0.2, 0.25) is 5.95 Å². The van der Waals surface area contributed by atoms with Crippen LogP contribution in [-0.2, 0) is 6.18 Å². The van der Waals surface area contributed by atoms with Gasteiger partial charge >= 0.3 is 12.3 Å². The van der Waals surface area contributed by atoms with Gasteiger partial charge in [0, 0.05) is 44.5 Å². The number of carboxylic acid groups (broad SMARTS) is 1. The van der Waals surface area contributed by atoms with Crippen molar-refractivity contribution in [2.45, 2.75) is 26.4 Å². The molecular formula is C24H28F3N5O3. The minimum Gasteiger partial charge on any atom is -0.465 e. The number of alkyl halides is 3. The van der Waals surface area contributed by atoms with Crippen molar-refractivity contribution in [1.29, 1.82) is 0 Å². The number of aromatic nitrogens is 2. The summed E-state index contributed by atoms with van der Waals surface area (Å²) in [5, 5.41) is 9.47. The molecule has 2 unspecified atom stereocenters. The first-order chi connectivity index (χ1) is 16.5. The lowest BCUT2D eigenvalue weighted by atomic mass is 10.0. The van der Waals surface area contributed by atoms with Crippen molar-refractivity contribution in [3.8, 4) is 0 Å². The standard InChI is InChI=1S/C24H28F3N5O3/c1-15-5-3-6-16(2)20(15)21(33)31-13-17-11-30(12-18(17)14-31)9-4-10-32(23(34)35)22-28-8-7-19(29-22)24(25,26)27/h3,5-8,17-18H,4,9-14H2,1-2H3,(H,34,35). The maximum absolute atomic E-state index is 13.1. The summed E-state index contributed by atoms with van der Waals surface area (Å²) >= 11 is 0. The fraction of sp³-hybridized carbons (Fsp3) is 0.500. The third kappa shape index (κ3) is 5.39. The fourth-order valence-electron chi connectivity index (χ4n) is 5.12. The van der Waals surface area contributed by atoms with E-state index in [0.29, 0.717) is 44.0 Å². The van der Waals surface area contributed by atoms with Gasteiger partial charge in [-0.1, -0.05) is 18.2 Å². The molecule has 2 aromatic rings. The maximum atomic E-state index is 13.1. The van der Waals surface area contributed by atoms with E-state index < -0.39 is 23.9 Å². The van der Waals surface area contributed by atoms with Crippen LogP contribution in [0.4, 0.5) is 23.9 Å². The number of halogens is 3. The van der Waals surface area contributed by atoms with Crippen molar-refractivity contribution in [2.75, 3.05) is 44.2 Å². The van der Waals surface area contributed by atoms with Gasteiger partial charge in [0.25, 0.3) is 5.91 Å². The number of carbonyl (C=O) groups is 2. The zero-order chi connectivity index (χ0) is 25.3. The molecule has 188 valence electrons. The highest BCUT2D eigenvalue weighted by Gasteiger charge is 2.42. The predicted molar refractivity (Wildman–Crippen MR) is 122 cm³/mol. The number of hydrogen-bond donors (Lipinski definition) is 1. The summed E-state index contributed by atoms with van der Waals surface area (Å²) in [7, 11) is 0. The zero-order valence-electron chi connectivity index (χ0n) is 19.6. The van der Waals surface area contributed by atoms with Crippen molar-refractivity contribution in [3.63, 3.8) is 0 Å². The van der Waals surface area contributed by atoms with Crippen LogP contribution in [0.1, 0.15) is 33.6 Å². The highest BCUT2D eigenvalue weighted by molar-refractivity contribution is 5.97. The Kier molecular flexibility index (Phi) is 6.98. The summed E-state index contributed by atoms with van der Waals surface area (Å²) in [4.78, 5) is 36.7. The van der Waals surface area contributed by atoms with Crippen LogP contribution in [0.15, 0.2) is 30.5 Å². The summed E-state index contributed by atoms with van der Waals surface area (Å²) in [5.74, 6) is 0.294. The van der Waals surface area contributed by atoms with Gasteiger partial charge in [-0.05, 0) is 55.8 Å². The predicted octanol–water partition coefficient (Wildman–Crippen LogP) is 3.69. The third-order valence-corrected chi connectivity index (χ3v) is 6.81. The van der Waals surface area contributed by atoms with E-state index in [1.807, 2.05) is 36.9 Å². The minimum atomic E-state index is -4.68. The van der Waals surface area contributed by atoms with Gasteiger partial charge < -0.3 is 14.9 Å². The number of benzene rings is 1. The Morgan fingerprint density at radius 2 is 1.71 bits per heavy atom. The number of amides is 2. The van der Waals surface area contributed by atoms with Crippen molar-refractivity contribution in [1.82, 2.24) is 19.8 Å². The van der Waals surface area contributed by atoms with E-state index >= 15 is 0 Å². The van der Waals surface area contributed by atoms with Crippen molar-refractivity contribution < 1.29 is 27.9 Å². The van der Waals surface area contributed by atoms with Crippen LogP contribution < -0.4 is 4.90 Å². The van der Waals surface area contributed by atoms with E-state index in [9.17, 15) is 27.9 Å².